The van der Waals surface area contributed by atoms with Crippen LogP contribution in [0.4, 0.5) is 5.13 Å². The average molecular weight is 312 g/mol. The first-order chi connectivity index (χ1) is 10.1. The minimum Gasteiger partial charge on any atom is -0.378 e. The van der Waals surface area contributed by atoms with Crippen LogP contribution < -0.4 is 10.2 Å². The summed E-state index contributed by atoms with van der Waals surface area (Å²) < 4.78 is 5.27. The molecule has 0 saturated carbocycles. The molecule has 0 aliphatic carbocycles. The van der Waals surface area contributed by atoms with Crippen molar-refractivity contribution in [3.8, 4) is 0 Å². The van der Waals surface area contributed by atoms with Crippen LogP contribution in [0, 0.1) is 5.92 Å². The molecule has 2 rings (SSSR count). The van der Waals surface area contributed by atoms with Gasteiger partial charge in [-0.15, -0.1) is 11.3 Å². The van der Waals surface area contributed by atoms with Gasteiger partial charge in [-0.2, -0.15) is 0 Å². The quantitative estimate of drug-likeness (QED) is 0.831. The van der Waals surface area contributed by atoms with E-state index >= 15 is 0 Å². The van der Waals surface area contributed by atoms with Gasteiger partial charge in [-0.05, 0) is 39.9 Å². The number of hydrogen-bond acceptors (Lipinski definition) is 6. The van der Waals surface area contributed by atoms with E-state index in [1.54, 1.807) is 7.11 Å². The maximum Gasteiger partial charge on any atom is 0.185 e. The number of ether oxygens (including phenoxy) is 1. The van der Waals surface area contributed by atoms with E-state index in [4.69, 9.17) is 9.72 Å². The topological polar surface area (TPSA) is 40.6 Å². The molecule has 1 saturated heterocycles. The Bertz CT molecular complexity index is 404. The SMILES string of the molecule is CNCc1sc(N2CCC(CN(C)C)CC2)nc1COC. The van der Waals surface area contributed by atoms with E-state index in [0.29, 0.717) is 6.61 Å². The van der Waals surface area contributed by atoms with Crippen molar-refractivity contribution in [1.29, 1.82) is 0 Å². The summed E-state index contributed by atoms with van der Waals surface area (Å²) in [7, 11) is 8.03. The molecular formula is C15H28N4OS. The van der Waals surface area contributed by atoms with Crippen molar-refractivity contribution in [2.45, 2.75) is 26.0 Å². The molecule has 6 heteroatoms. The standard InChI is InChI=1S/C15H28N4OS/c1-16-9-14-13(11-20-4)17-15(21-14)19-7-5-12(6-8-19)10-18(2)3/h12,16H,5-11H2,1-4H3. The summed E-state index contributed by atoms with van der Waals surface area (Å²) in [5.41, 5.74) is 1.09. The van der Waals surface area contributed by atoms with Crippen LogP contribution in [0.25, 0.3) is 0 Å². The summed E-state index contributed by atoms with van der Waals surface area (Å²) in [4.78, 5) is 10.8. The van der Waals surface area contributed by atoms with Crippen LogP contribution in [-0.2, 0) is 17.9 Å². The highest BCUT2D eigenvalue weighted by Crippen LogP contribution is 2.30. The Labute approximate surface area is 132 Å². The number of nitrogens with one attached hydrogen (secondary N) is 1. The molecule has 1 aliphatic rings. The minimum atomic E-state index is 0.602. The summed E-state index contributed by atoms with van der Waals surface area (Å²) in [5.74, 6) is 0.825. The third-order valence-electron chi connectivity index (χ3n) is 3.89. The van der Waals surface area contributed by atoms with Crippen molar-refractivity contribution in [3.05, 3.63) is 10.6 Å². The zero-order valence-electron chi connectivity index (χ0n) is 13.7. The van der Waals surface area contributed by atoms with Gasteiger partial charge >= 0.3 is 0 Å². The number of rotatable bonds is 7. The van der Waals surface area contributed by atoms with Gasteiger partial charge in [0.2, 0.25) is 0 Å². The fraction of sp³-hybridized carbons (Fsp3) is 0.800. The fourth-order valence-corrected chi connectivity index (χ4v) is 4.00. The van der Waals surface area contributed by atoms with Crippen LogP contribution in [0.15, 0.2) is 0 Å². The van der Waals surface area contributed by atoms with Crippen molar-refractivity contribution in [3.63, 3.8) is 0 Å². The van der Waals surface area contributed by atoms with Crippen molar-refractivity contribution >= 4 is 16.5 Å². The summed E-state index contributed by atoms with van der Waals surface area (Å²) in [6.07, 6.45) is 2.53. The van der Waals surface area contributed by atoms with Crippen LogP contribution in [0.5, 0.6) is 0 Å². The second-order valence-electron chi connectivity index (χ2n) is 6.02. The van der Waals surface area contributed by atoms with Gasteiger partial charge in [0.1, 0.15) is 0 Å². The van der Waals surface area contributed by atoms with Crippen molar-refractivity contribution < 1.29 is 4.74 Å². The molecule has 1 N–H and O–H groups in total. The second-order valence-corrected chi connectivity index (χ2v) is 7.08. The molecule has 0 atom stereocenters. The highest BCUT2D eigenvalue weighted by atomic mass is 32.1. The monoisotopic (exact) mass is 312 g/mol. The van der Waals surface area contributed by atoms with Crippen LogP contribution in [0.3, 0.4) is 0 Å². The van der Waals surface area contributed by atoms with E-state index in [9.17, 15) is 0 Å². The van der Waals surface area contributed by atoms with E-state index in [1.165, 1.54) is 24.3 Å². The summed E-state index contributed by atoms with van der Waals surface area (Å²) >= 11 is 1.81. The number of aromatic nitrogens is 1. The van der Waals surface area contributed by atoms with Gasteiger partial charge in [0.05, 0.1) is 12.3 Å². The first-order valence-corrected chi connectivity index (χ1v) is 8.47. The number of nitrogens with zero attached hydrogens (tertiary/aromatic N) is 3. The molecule has 120 valence electrons. The number of piperidine rings is 1. The normalized spacial score (nSPS) is 16.9. The van der Waals surface area contributed by atoms with Crippen LogP contribution in [0.2, 0.25) is 0 Å². The van der Waals surface area contributed by atoms with Gasteiger partial charge < -0.3 is 19.9 Å². The lowest BCUT2D eigenvalue weighted by atomic mass is 9.97. The molecule has 0 radical (unpaired) electrons. The zero-order valence-corrected chi connectivity index (χ0v) is 14.5. The third kappa shape index (κ3) is 4.64. The average Bonchev–Trinajstić information content (AvgIpc) is 2.83. The molecule has 0 unspecified atom stereocenters. The van der Waals surface area contributed by atoms with Crippen molar-refractivity contribution in [2.24, 2.45) is 5.92 Å². The van der Waals surface area contributed by atoms with Gasteiger partial charge in [0, 0.05) is 38.2 Å². The molecule has 2 heterocycles. The van der Waals surface area contributed by atoms with Crippen LogP contribution in [0.1, 0.15) is 23.4 Å². The lowest BCUT2D eigenvalue weighted by Crippen LogP contribution is -2.37. The number of hydrogen-bond donors (Lipinski definition) is 1. The maximum atomic E-state index is 5.27. The van der Waals surface area contributed by atoms with E-state index in [1.807, 2.05) is 18.4 Å². The van der Waals surface area contributed by atoms with Gasteiger partial charge in [-0.1, -0.05) is 0 Å². The lowest BCUT2D eigenvalue weighted by molar-refractivity contribution is 0.181. The summed E-state index contributed by atoms with van der Waals surface area (Å²) in [6.45, 7) is 4.92. The van der Waals surface area contributed by atoms with Crippen molar-refractivity contribution in [2.75, 3.05) is 52.8 Å². The van der Waals surface area contributed by atoms with Crippen molar-refractivity contribution in [1.82, 2.24) is 15.2 Å². The van der Waals surface area contributed by atoms with E-state index < -0.39 is 0 Å². The van der Waals surface area contributed by atoms with Gasteiger partial charge in [0.25, 0.3) is 0 Å². The smallest absolute Gasteiger partial charge is 0.185 e. The molecule has 0 bridgehead atoms. The summed E-state index contributed by atoms with van der Waals surface area (Å²) in [5, 5.41) is 4.38. The summed E-state index contributed by atoms with van der Waals surface area (Å²) in [6, 6.07) is 0. The molecule has 1 fully saturated rings. The highest BCUT2D eigenvalue weighted by molar-refractivity contribution is 7.15. The van der Waals surface area contributed by atoms with Gasteiger partial charge in [-0.3, -0.25) is 0 Å². The Morgan fingerprint density at radius 1 is 1.38 bits per heavy atom. The second kappa shape index (κ2) is 8.08. The maximum absolute atomic E-state index is 5.27. The number of thiazole rings is 1. The molecule has 21 heavy (non-hydrogen) atoms. The van der Waals surface area contributed by atoms with Gasteiger partial charge in [0.15, 0.2) is 5.13 Å². The zero-order chi connectivity index (χ0) is 15.2. The molecule has 0 amide bonds. The lowest BCUT2D eigenvalue weighted by Gasteiger charge is -2.33. The first kappa shape index (κ1) is 16.7. The third-order valence-corrected chi connectivity index (χ3v) is 5.05. The van der Waals surface area contributed by atoms with E-state index in [0.717, 1.165) is 36.4 Å². The molecule has 0 aromatic carbocycles. The predicted octanol–water partition coefficient (Wildman–Crippen LogP) is 1.79. The Kier molecular flexibility index (Phi) is 6.41. The number of methoxy groups -OCH3 is 1. The van der Waals surface area contributed by atoms with Crippen LogP contribution >= 0.6 is 11.3 Å². The Morgan fingerprint density at radius 3 is 2.67 bits per heavy atom. The molecule has 1 aromatic rings. The number of anilines is 1. The molecule has 0 spiro atoms. The van der Waals surface area contributed by atoms with Gasteiger partial charge in [-0.25, -0.2) is 4.98 Å². The first-order valence-electron chi connectivity index (χ1n) is 7.65. The highest BCUT2D eigenvalue weighted by Gasteiger charge is 2.23. The largest absolute Gasteiger partial charge is 0.378 e. The molecule has 1 aromatic heterocycles. The fourth-order valence-electron chi connectivity index (χ4n) is 2.88. The predicted molar refractivity (Wildman–Crippen MR) is 89.1 cm³/mol. The van der Waals surface area contributed by atoms with E-state index in [-0.39, 0.29) is 0 Å². The Hall–Kier alpha value is -0.690. The van der Waals surface area contributed by atoms with E-state index in [2.05, 4.69) is 29.2 Å². The Balaban J connectivity index is 1.97. The minimum absolute atomic E-state index is 0.602. The Morgan fingerprint density at radius 2 is 2.10 bits per heavy atom. The molecule has 5 nitrogen and oxygen atoms in total. The molecular weight excluding hydrogens is 284 g/mol. The molecule has 1 aliphatic heterocycles. The van der Waals surface area contributed by atoms with Crippen LogP contribution in [-0.4, -0.2) is 57.8 Å².